The van der Waals surface area contributed by atoms with E-state index in [1.54, 1.807) is 18.3 Å². The van der Waals surface area contributed by atoms with Crippen LogP contribution in [0.15, 0.2) is 41.0 Å². The predicted octanol–water partition coefficient (Wildman–Crippen LogP) is 3.99. The summed E-state index contributed by atoms with van der Waals surface area (Å²) >= 11 is 3.21. The molecule has 5 heteroatoms. The van der Waals surface area contributed by atoms with E-state index in [4.69, 9.17) is 4.74 Å². The van der Waals surface area contributed by atoms with Gasteiger partial charge in [0.2, 0.25) is 0 Å². The SMILES string of the molecule is CCNc1cc(COc2ccc(Br)cc2F)ccn1. The molecular formula is C14H14BrFN2O. The number of hydrogen-bond donors (Lipinski definition) is 1. The van der Waals surface area contributed by atoms with Crippen molar-refractivity contribution in [2.24, 2.45) is 0 Å². The summed E-state index contributed by atoms with van der Waals surface area (Å²) in [5.41, 5.74) is 0.938. The summed E-state index contributed by atoms with van der Waals surface area (Å²) in [7, 11) is 0. The molecule has 0 aliphatic rings. The highest BCUT2D eigenvalue weighted by atomic mass is 79.9. The number of rotatable bonds is 5. The van der Waals surface area contributed by atoms with Crippen LogP contribution in [0.1, 0.15) is 12.5 Å². The lowest BCUT2D eigenvalue weighted by Gasteiger charge is -2.09. The summed E-state index contributed by atoms with van der Waals surface area (Å²) < 4.78 is 19.7. The van der Waals surface area contributed by atoms with Gasteiger partial charge >= 0.3 is 0 Å². The first-order valence-electron chi connectivity index (χ1n) is 5.95. The molecule has 0 fully saturated rings. The Bertz CT molecular complexity index is 563. The quantitative estimate of drug-likeness (QED) is 0.902. The molecule has 19 heavy (non-hydrogen) atoms. The van der Waals surface area contributed by atoms with Crippen molar-refractivity contribution < 1.29 is 9.13 Å². The Balaban J connectivity index is 2.03. The lowest BCUT2D eigenvalue weighted by Crippen LogP contribution is -2.02. The molecule has 0 atom stereocenters. The zero-order valence-corrected chi connectivity index (χ0v) is 12.1. The Morgan fingerprint density at radius 1 is 1.32 bits per heavy atom. The maximum atomic E-state index is 13.6. The van der Waals surface area contributed by atoms with Crippen molar-refractivity contribution in [3.63, 3.8) is 0 Å². The molecule has 0 bridgehead atoms. The third-order valence-electron chi connectivity index (χ3n) is 2.47. The summed E-state index contributed by atoms with van der Waals surface area (Å²) in [5, 5.41) is 3.12. The number of nitrogens with one attached hydrogen (secondary N) is 1. The number of pyridine rings is 1. The molecule has 100 valence electrons. The van der Waals surface area contributed by atoms with Gasteiger partial charge in [0.15, 0.2) is 11.6 Å². The van der Waals surface area contributed by atoms with Crippen LogP contribution in [0, 0.1) is 5.82 Å². The Labute approximate surface area is 119 Å². The molecule has 0 saturated heterocycles. The minimum Gasteiger partial charge on any atom is -0.486 e. The van der Waals surface area contributed by atoms with E-state index >= 15 is 0 Å². The number of anilines is 1. The third kappa shape index (κ3) is 3.92. The van der Waals surface area contributed by atoms with Crippen LogP contribution in [0.4, 0.5) is 10.2 Å². The Hall–Kier alpha value is -1.62. The third-order valence-corrected chi connectivity index (χ3v) is 2.96. The minimum absolute atomic E-state index is 0.241. The minimum atomic E-state index is -0.379. The summed E-state index contributed by atoms with van der Waals surface area (Å²) in [6.07, 6.45) is 1.70. The fourth-order valence-corrected chi connectivity index (χ4v) is 1.93. The summed E-state index contributed by atoms with van der Waals surface area (Å²) in [4.78, 5) is 4.17. The van der Waals surface area contributed by atoms with E-state index in [9.17, 15) is 4.39 Å². The van der Waals surface area contributed by atoms with Crippen molar-refractivity contribution in [3.8, 4) is 5.75 Å². The highest BCUT2D eigenvalue weighted by molar-refractivity contribution is 9.10. The highest BCUT2D eigenvalue weighted by Gasteiger charge is 2.04. The molecule has 1 N–H and O–H groups in total. The zero-order chi connectivity index (χ0) is 13.7. The average molecular weight is 325 g/mol. The molecule has 1 heterocycles. The largest absolute Gasteiger partial charge is 0.486 e. The van der Waals surface area contributed by atoms with Gasteiger partial charge in [-0.25, -0.2) is 9.37 Å². The number of nitrogens with zero attached hydrogens (tertiary/aromatic N) is 1. The van der Waals surface area contributed by atoms with E-state index in [1.807, 2.05) is 19.1 Å². The molecule has 0 spiro atoms. The highest BCUT2D eigenvalue weighted by Crippen LogP contribution is 2.22. The molecule has 0 radical (unpaired) electrons. The number of halogens is 2. The second kappa shape index (κ2) is 6.52. The van der Waals surface area contributed by atoms with Crippen LogP contribution in [0.2, 0.25) is 0 Å². The summed E-state index contributed by atoms with van der Waals surface area (Å²) in [6.45, 7) is 3.11. The van der Waals surface area contributed by atoms with Gasteiger partial charge in [0.1, 0.15) is 12.4 Å². The average Bonchev–Trinajstić information content (AvgIpc) is 2.38. The van der Waals surface area contributed by atoms with Crippen molar-refractivity contribution in [2.45, 2.75) is 13.5 Å². The van der Waals surface area contributed by atoms with Gasteiger partial charge in [-0.3, -0.25) is 0 Å². The van der Waals surface area contributed by atoms with E-state index in [0.717, 1.165) is 17.9 Å². The maximum Gasteiger partial charge on any atom is 0.166 e. The Morgan fingerprint density at radius 3 is 2.89 bits per heavy atom. The Morgan fingerprint density at radius 2 is 2.16 bits per heavy atom. The number of benzene rings is 1. The first kappa shape index (κ1) is 13.8. The van der Waals surface area contributed by atoms with Crippen molar-refractivity contribution in [1.82, 2.24) is 4.98 Å². The second-order valence-corrected chi connectivity index (χ2v) is 4.86. The van der Waals surface area contributed by atoms with Crippen LogP contribution in [0.3, 0.4) is 0 Å². The zero-order valence-electron chi connectivity index (χ0n) is 10.5. The van der Waals surface area contributed by atoms with Crippen molar-refractivity contribution in [3.05, 3.63) is 52.4 Å². The van der Waals surface area contributed by atoms with E-state index < -0.39 is 0 Å². The van der Waals surface area contributed by atoms with E-state index in [0.29, 0.717) is 11.1 Å². The van der Waals surface area contributed by atoms with Crippen molar-refractivity contribution in [1.29, 1.82) is 0 Å². The van der Waals surface area contributed by atoms with Gasteiger partial charge in [-0.2, -0.15) is 0 Å². The lowest BCUT2D eigenvalue weighted by molar-refractivity contribution is 0.290. The normalized spacial score (nSPS) is 10.3. The molecule has 2 aromatic rings. The van der Waals surface area contributed by atoms with Crippen LogP contribution in [-0.2, 0) is 6.61 Å². The molecule has 0 aliphatic heterocycles. The number of hydrogen-bond acceptors (Lipinski definition) is 3. The maximum absolute atomic E-state index is 13.6. The van der Waals surface area contributed by atoms with Gasteiger partial charge in [0.05, 0.1) is 0 Å². The standard InChI is InChI=1S/C14H14BrFN2O/c1-2-17-14-7-10(5-6-18-14)9-19-13-4-3-11(15)8-12(13)16/h3-8H,2,9H2,1H3,(H,17,18). The van der Waals surface area contributed by atoms with Gasteiger partial charge in [0, 0.05) is 17.2 Å². The van der Waals surface area contributed by atoms with Crippen LogP contribution < -0.4 is 10.1 Å². The van der Waals surface area contributed by atoms with E-state index in [1.165, 1.54) is 6.07 Å². The van der Waals surface area contributed by atoms with Gasteiger partial charge in [-0.15, -0.1) is 0 Å². The fourth-order valence-electron chi connectivity index (χ4n) is 1.60. The lowest BCUT2D eigenvalue weighted by atomic mass is 10.2. The van der Waals surface area contributed by atoms with Gasteiger partial charge in [-0.1, -0.05) is 15.9 Å². The topological polar surface area (TPSA) is 34.1 Å². The van der Waals surface area contributed by atoms with Crippen molar-refractivity contribution in [2.75, 3.05) is 11.9 Å². The molecule has 2 rings (SSSR count). The molecule has 0 saturated carbocycles. The number of aromatic nitrogens is 1. The van der Waals surface area contributed by atoms with Crippen LogP contribution in [0.25, 0.3) is 0 Å². The first-order valence-corrected chi connectivity index (χ1v) is 6.75. The predicted molar refractivity (Wildman–Crippen MR) is 76.8 cm³/mol. The fraction of sp³-hybridized carbons (Fsp3) is 0.214. The summed E-state index contributed by atoms with van der Waals surface area (Å²) in [6, 6.07) is 8.46. The molecule has 0 unspecified atom stereocenters. The molecule has 3 nitrogen and oxygen atoms in total. The van der Waals surface area contributed by atoms with Gasteiger partial charge < -0.3 is 10.1 Å². The molecule has 0 amide bonds. The van der Waals surface area contributed by atoms with Gasteiger partial charge in [-0.05, 0) is 42.8 Å². The van der Waals surface area contributed by atoms with Gasteiger partial charge in [0.25, 0.3) is 0 Å². The second-order valence-electron chi connectivity index (χ2n) is 3.94. The van der Waals surface area contributed by atoms with E-state index in [-0.39, 0.29) is 11.6 Å². The van der Waals surface area contributed by atoms with Crippen molar-refractivity contribution >= 4 is 21.7 Å². The van der Waals surface area contributed by atoms with E-state index in [2.05, 4.69) is 26.2 Å². The molecule has 1 aromatic carbocycles. The van der Waals surface area contributed by atoms with Crippen LogP contribution in [0.5, 0.6) is 5.75 Å². The van der Waals surface area contributed by atoms with Crippen LogP contribution >= 0.6 is 15.9 Å². The Kier molecular flexibility index (Phi) is 4.74. The molecule has 1 aromatic heterocycles. The molecular weight excluding hydrogens is 311 g/mol. The monoisotopic (exact) mass is 324 g/mol. The smallest absolute Gasteiger partial charge is 0.166 e. The number of ether oxygens (including phenoxy) is 1. The van der Waals surface area contributed by atoms with Crippen LogP contribution in [-0.4, -0.2) is 11.5 Å². The molecule has 0 aliphatic carbocycles. The first-order chi connectivity index (χ1) is 9.19. The summed E-state index contributed by atoms with van der Waals surface area (Å²) in [5.74, 6) is 0.653.